The maximum absolute atomic E-state index is 13.5. The number of amidine groups is 2. The molecular formula is C26H29F3N4O. The topological polar surface area (TPSA) is 57.4 Å². The zero-order chi connectivity index (χ0) is 24.0. The van der Waals surface area contributed by atoms with Crippen molar-refractivity contribution in [1.82, 2.24) is 4.90 Å². The van der Waals surface area contributed by atoms with Crippen LogP contribution in [0.2, 0.25) is 0 Å². The number of hydrogen-bond donors (Lipinski definition) is 0. The van der Waals surface area contributed by atoms with Crippen molar-refractivity contribution in [3.8, 4) is 0 Å². The second kappa shape index (κ2) is 8.78. The molecule has 34 heavy (non-hydrogen) atoms. The highest BCUT2D eigenvalue weighted by Crippen LogP contribution is 2.48. The lowest BCUT2D eigenvalue weighted by atomic mass is 9.91. The van der Waals surface area contributed by atoms with Gasteiger partial charge >= 0.3 is 6.18 Å². The molecule has 0 aromatic heterocycles. The molecular weight excluding hydrogens is 441 g/mol. The minimum Gasteiger partial charge on any atom is -0.335 e. The van der Waals surface area contributed by atoms with Crippen molar-refractivity contribution in [2.24, 2.45) is 26.8 Å². The smallest absolute Gasteiger partial charge is 0.335 e. The van der Waals surface area contributed by atoms with E-state index in [0.717, 1.165) is 18.6 Å². The summed E-state index contributed by atoms with van der Waals surface area (Å²) < 4.78 is 40.5. The Labute approximate surface area is 197 Å². The van der Waals surface area contributed by atoms with E-state index in [1.54, 1.807) is 17.0 Å². The van der Waals surface area contributed by atoms with Gasteiger partial charge in [0.15, 0.2) is 0 Å². The van der Waals surface area contributed by atoms with Gasteiger partial charge in [-0.2, -0.15) is 13.2 Å². The van der Waals surface area contributed by atoms with Crippen molar-refractivity contribution in [2.75, 3.05) is 13.1 Å². The Morgan fingerprint density at radius 3 is 2.47 bits per heavy atom. The third-order valence-corrected chi connectivity index (χ3v) is 7.53. The molecule has 5 rings (SSSR count). The van der Waals surface area contributed by atoms with Crippen LogP contribution in [0.3, 0.4) is 0 Å². The van der Waals surface area contributed by atoms with Crippen molar-refractivity contribution in [3.05, 3.63) is 47.0 Å². The number of rotatable bonds is 2. The summed E-state index contributed by atoms with van der Waals surface area (Å²) in [5.74, 6) is 0.971. The molecule has 8 heteroatoms. The summed E-state index contributed by atoms with van der Waals surface area (Å²) in [4.78, 5) is 28.9. The third-order valence-electron chi connectivity index (χ3n) is 7.53. The number of halogens is 3. The van der Waals surface area contributed by atoms with Gasteiger partial charge in [-0.25, -0.2) is 9.98 Å². The van der Waals surface area contributed by atoms with E-state index < -0.39 is 11.7 Å². The fraction of sp³-hybridized carbons (Fsp3) is 0.538. The van der Waals surface area contributed by atoms with Crippen molar-refractivity contribution in [3.63, 3.8) is 0 Å². The fourth-order valence-corrected chi connectivity index (χ4v) is 6.00. The largest absolute Gasteiger partial charge is 0.416 e. The van der Waals surface area contributed by atoms with E-state index in [-0.39, 0.29) is 35.5 Å². The highest BCUT2D eigenvalue weighted by Gasteiger charge is 2.45. The van der Waals surface area contributed by atoms with E-state index in [1.165, 1.54) is 17.7 Å². The van der Waals surface area contributed by atoms with Gasteiger partial charge in [0.25, 0.3) is 5.91 Å². The maximum Gasteiger partial charge on any atom is 0.416 e. The van der Waals surface area contributed by atoms with E-state index in [0.29, 0.717) is 43.8 Å². The number of hydrogen-bond acceptors (Lipinski definition) is 4. The molecule has 1 saturated carbocycles. The quantitative estimate of drug-likeness (QED) is 0.569. The lowest BCUT2D eigenvalue weighted by Crippen LogP contribution is -2.37. The molecule has 0 N–H and O–H groups in total. The number of fused-ring (bicyclic) bond motifs is 3. The highest BCUT2D eigenvalue weighted by molar-refractivity contribution is 6.40. The SMILES string of the molecule is CC1=NC2=NC(C(=O)N3CC4CC(c5ccccc5C(F)(F)F)C[C@H]4C3)=NC(CC/C(C)=C\1)C2. The average Bonchev–Trinajstić information content (AvgIpc) is 3.36. The van der Waals surface area contributed by atoms with E-state index in [2.05, 4.69) is 28.0 Å². The van der Waals surface area contributed by atoms with E-state index in [1.807, 2.05) is 6.92 Å². The van der Waals surface area contributed by atoms with Gasteiger partial charge < -0.3 is 4.90 Å². The number of amides is 1. The number of nitrogens with zero attached hydrogens (tertiary/aromatic N) is 4. The minimum atomic E-state index is -4.35. The molecule has 1 aliphatic carbocycles. The van der Waals surface area contributed by atoms with Crippen LogP contribution >= 0.6 is 0 Å². The van der Waals surface area contributed by atoms with Gasteiger partial charge in [-0.05, 0) is 75.0 Å². The summed E-state index contributed by atoms with van der Waals surface area (Å²) in [7, 11) is 0. The highest BCUT2D eigenvalue weighted by atomic mass is 19.4. The molecule has 5 nitrogen and oxygen atoms in total. The zero-order valence-electron chi connectivity index (χ0n) is 19.5. The lowest BCUT2D eigenvalue weighted by Gasteiger charge is -2.23. The molecule has 180 valence electrons. The van der Waals surface area contributed by atoms with Gasteiger partial charge in [-0.1, -0.05) is 23.8 Å². The molecule has 3 unspecified atom stereocenters. The molecule has 3 aliphatic heterocycles. The van der Waals surface area contributed by atoms with Gasteiger partial charge in [0.1, 0.15) is 5.84 Å². The van der Waals surface area contributed by atoms with Gasteiger partial charge in [0.2, 0.25) is 5.84 Å². The van der Waals surface area contributed by atoms with Gasteiger partial charge in [-0.15, -0.1) is 0 Å². The van der Waals surface area contributed by atoms with Gasteiger partial charge in [0, 0.05) is 25.2 Å². The standard InChI is InChI=1S/C26H29F3N4O/c1-15-7-8-20-12-23(30-16(2)9-15)32-24(31-20)25(34)33-13-18-10-17(11-19(18)14-33)21-5-3-4-6-22(21)26(27,28)29/h3-6,9,17-20H,7-8,10-14H2,1-2H3/b15-9-,30-16?/t17?,18-,19?,20?/m0/s1. The first-order valence-electron chi connectivity index (χ1n) is 12.0. The van der Waals surface area contributed by atoms with E-state index in [9.17, 15) is 18.0 Å². The minimum absolute atomic E-state index is 0.00481. The van der Waals surface area contributed by atoms with Crippen LogP contribution in [-0.4, -0.2) is 47.3 Å². The predicted octanol–water partition coefficient (Wildman–Crippen LogP) is 5.43. The molecule has 2 bridgehead atoms. The first kappa shape index (κ1) is 23.0. The molecule has 0 spiro atoms. The monoisotopic (exact) mass is 470 g/mol. The summed E-state index contributed by atoms with van der Waals surface area (Å²) in [6.45, 7) is 5.11. The molecule has 4 atom stereocenters. The molecule has 1 aromatic rings. The summed E-state index contributed by atoms with van der Waals surface area (Å²) in [5.41, 5.74) is 1.98. The number of aliphatic imine (C=N–C) groups is 3. The van der Waals surface area contributed by atoms with E-state index >= 15 is 0 Å². The Morgan fingerprint density at radius 2 is 1.76 bits per heavy atom. The summed E-state index contributed by atoms with van der Waals surface area (Å²) >= 11 is 0. The summed E-state index contributed by atoms with van der Waals surface area (Å²) in [5, 5.41) is 0. The molecule has 1 saturated heterocycles. The first-order chi connectivity index (χ1) is 16.2. The number of carbonyl (C=O) groups is 1. The van der Waals surface area contributed by atoms with Crippen molar-refractivity contribution in [2.45, 2.75) is 64.1 Å². The van der Waals surface area contributed by atoms with Crippen molar-refractivity contribution in [1.29, 1.82) is 0 Å². The fourth-order valence-electron chi connectivity index (χ4n) is 6.00. The van der Waals surface area contributed by atoms with Crippen LogP contribution in [-0.2, 0) is 11.0 Å². The Morgan fingerprint density at radius 1 is 1.06 bits per heavy atom. The van der Waals surface area contributed by atoms with Crippen LogP contribution in [0.5, 0.6) is 0 Å². The van der Waals surface area contributed by atoms with E-state index in [4.69, 9.17) is 0 Å². The molecule has 2 fully saturated rings. The van der Waals surface area contributed by atoms with Crippen molar-refractivity contribution >= 4 is 23.3 Å². The number of alkyl halides is 3. The Kier molecular flexibility index (Phi) is 5.94. The van der Waals surface area contributed by atoms with Crippen LogP contribution in [0.15, 0.2) is 50.9 Å². The average molecular weight is 471 g/mol. The lowest BCUT2D eigenvalue weighted by molar-refractivity contribution is -0.138. The third kappa shape index (κ3) is 4.59. The second-order valence-corrected chi connectivity index (χ2v) is 10.1. The van der Waals surface area contributed by atoms with Crippen LogP contribution in [0.4, 0.5) is 13.2 Å². The molecule has 1 aromatic carbocycles. The number of carbonyl (C=O) groups excluding carboxylic acids is 1. The zero-order valence-corrected chi connectivity index (χ0v) is 19.5. The summed E-state index contributed by atoms with van der Waals surface area (Å²) in [6.07, 6.45) is 1.44. The molecule has 0 radical (unpaired) electrons. The normalized spacial score (nSPS) is 30.8. The van der Waals surface area contributed by atoms with Crippen molar-refractivity contribution < 1.29 is 18.0 Å². The number of likely N-dealkylation sites (tertiary alicyclic amines) is 1. The first-order valence-corrected chi connectivity index (χ1v) is 12.0. The van der Waals surface area contributed by atoms with Crippen LogP contribution in [0.25, 0.3) is 0 Å². The van der Waals surface area contributed by atoms with Crippen LogP contribution in [0.1, 0.15) is 63.0 Å². The Bertz CT molecular complexity index is 1100. The molecule has 4 aliphatic rings. The Hall–Kier alpha value is -2.77. The molecule has 3 heterocycles. The predicted molar refractivity (Wildman–Crippen MR) is 126 cm³/mol. The Balaban J connectivity index is 1.29. The summed E-state index contributed by atoms with van der Waals surface area (Å²) in [6, 6.07) is 5.90. The second-order valence-electron chi connectivity index (χ2n) is 10.1. The molecule has 1 amide bonds. The van der Waals surface area contributed by atoms with Gasteiger partial charge in [-0.3, -0.25) is 9.79 Å². The van der Waals surface area contributed by atoms with Crippen LogP contribution < -0.4 is 0 Å². The van der Waals surface area contributed by atoms with Crippen LogP contribution in [0, 0.1) is 11.8 Å². The number of allylic oxidation sites excluding steroid dienone is 2. The van der Waals surface area contributed by atoms with Gasteiger partial charge in [0.05, 0.1) is 11.6 Å². The maximum atomic E-state index is 13.5. The number of benzene rings is 1.